The van der Waals surface area contributed by atoms with Gasteiger partial charge in [-0.25, -0.2) is 17.9 Å². The molecule has 9 nitrogen and oxygen atoms in total. The number of halogens is 3. The van der Waals surface area contributed by atoms with Crippen LogP contribution >= 0.6 is 0 Å². The standard InChI is InChI=1S/C14H15F3N4O5S/c1-20-7-12(23)21(13(20)24)6-11(22)19-9-2-4-10(5-3-9)27(25,26)18-8-14(15,16)17/h2-5,18H,6-8H2,1H3,(H,19,22). The molecule has 1 saturated heterocycles. The molecule has 1 fully saturated rings. The lowest BCUT2D eigenvalue weighted by atomic mass is 10.3. The Hall–Kier alpha value is -2.67. The maximum absolute atomic E-state index is 12.1. The van der Waals surface area contributed by atoms with Gasteiger partial charge in [0.15, 0.2) is 0 Å². The van der Waals surface area contributed by atoms with E-state index in [-0.39, 0.29) is 12.2 Å². The van der Waals surface area contributed by atoms with Crippen LogP contribution in [-0.2, 0) is 19.6 Å². The van der Waals surface area contributed by atoms with Crippen molar-refractivity contribution < 1.29 is 36.0 Å². The van der Waals surface area contributed by atoms with Gasteiger partial charge in [0, 0.05) is 12.7 Å². The monoisotopic (exact) mass is 408 g/mol. The third kappa shape index (κ3) is 5.40. The smallest absolute Gasteiger partial charge is 0.325 e. The second-order valence-corrected chi connectivity index (χ2v) is 7.40. The van der Waals surface area contributed by atoms with E-state index in [9.17, 15) is 36.0 Å². The van der Waals surface area contributed by atoms with Crippen molar-refractivity contribution in [3.63, 3.8) is 0 Å². The fourth-order valence-corrected chi connectivity index (χ4v) is 3.16. The predicted octanol–water partition coefficient (Wildman–Crippen LogP) is 0.360. The number of carbonyl (C=O) groups is 3. The summed E-state index contributed by atoms with van der Waals surface area (Å²) in [6, 6.07) is 3.73. The summed E-state index contributed by atoms with van der Waals surface area (Å²) in [5.74, 6) is -1.23. The van der Waals surface area contributed by atoms with Crippen molar-refractivity contribution >= 4 is 33.6 Å². The maximum atomic E-state index is 12.1. The third-order valence-corrected chi connectivity index (χ3v) is 4.86. The second-order valence-electron chi connectivity index (χ2n) is 5.63. The first-order valence-electron chi connectivity index (χ1n) is 7.41. The zero-order valence-corrected chi connectivity index (χ0v) is 14.7. The molecule has 4 amide bonds. The van der Waals surface area contributed by atoms with Crippen LogP contribution in [0, 0.1) is 0 Å². The predicted molar refractivity (Wildman–Crippen MR) is 86.1 cm³/mol. The summed E-state index contributed by atoms with van der Waals surface area (Å²) in [6.45, 7) is -2.36. The minimum Gasteiger partial charge on any atom is -0.325 e. The highest BCUT2D eigenvalue weighted by Gasteiger charge is 2.34. The molecule has 0 radical (unpaired) electrons. The van der Waals surface area contributed by atoms with Crippen molar-refractivity contribution in [2.24, 2.45) is 0 Å². The molecule has 0 unspecified atom stereocenters. The van der Waals surface area contributed by atoms with Gasteiger partial charge in [-0.2, -0.15) is 13.2 Å². The van der Waals surface area contributed by atoms with Crippen molar-refractivity contribution in [1.82, 2.24) is 14.5 Å². The molecule has 13 heteroatoms. The minimum absolute atomic E-state index is 0.135. The molecule has 0 bridgehead atoms. The highest BCUT2D eigenvalue weighted by Crippen LogP contribution is 2.17. The molecule has 1 aliphatic rings. The molecule has 148 valence electrons. The van der Waals surface area contributed by atoms with Gasteiger partial charge in [0.2, 0.25) is 15.9 Å². The van der Waals surface area contributed by atoms with Crippen molar-refractivity contribution in [2.75, 3.05) is 32.0 Å². The minimum atomic E-state index is -4.69. The average Bonchev–Trinajstić information content (AvgIpc) is 2.79. The van der Waals surface area contributed by atoms with Crippen molar-refractivity contribution in [3.05, 3.63) is 24.3 Å². The lowest BCUT2D eigenvalue weighted by Crippen LogP contribution is -2.38. The molecular formula is C14H15F3N4O5S. The second kappa shape index (κ2) is 7.52. The van der Waals surface area contributed by atoms with E-state index in [4.69, 9.17) is 0 Å². The summed E-state index contributed by atoms with van der Waals surface area (Å²) in [4.78, 5) is 36.7. The van der Waals surface area contributed by atoms with Crippen LogP contribution in [0.1, 0.15) is 0 Å². The number of carbonyl (C=O) groups excluding carboxylic acids is 3. The molecule has 0 aromatic heterocycles. The first kappa shape index (κ1) is 20.6. The number of imide groups is 1. The molecule has 1 heterocycles. The van der Waals surface area contributed by atoms with Gasteiger partial charge in [0.25, 0.3) is 5.91 Å². The number of hydrogen-bond acceptors (Lipinski definition) is 5. The van der Waals surface area contributed by atoms with Gasteiger partial charge in [-0.3, -0.25) is 14.5 Å². The molecular weight excluding hydrogens is 393 g/mol. The van der Waals surface area contributed by atoms with Crippen LogP contribution in [-0.4, -0.2) is 68.9 Å². The molecule has 2 N–H and O–H groups in total. The Morgan fingerprint density at radius 1 is 1.19 bits per heavy atom. The van der Waals surface area contributed by atoms with E-state index < -0.39 is 52.0 Å². The third-order valence-electron chi connectivity index (χ3n) is 3.44. The van der Waals surface area contributed by atoms with E-state index in [0.29, 0.717) is 0 Å². The lowest BCUT2D eigenvalue weighted by molar-refractivity contribution is -0.129. The van der Waals surface area contributed by atoms with Gasteiger partial charge in [0.1, 0.15) is 19.6 Å². The summed E-state index contributed by atoms with van der Waals surface area (Å²) in [7, 11) is -2.96. The molecule has 1 aliphatic heterocycles. The van der Waals surface area contributed by atoms with Gasteiger partial charge in [0.05, 0.1) is 4.90 Å². The topological polar surface area (TPSA) is 116 Å². The van der Waals surface area contributed by atoms with Crippen LogP contribution in [0.2, 0.25) is 0 Å². The number of urea groups is 1. The van der Waals surface area contributed by atoms with Crippen LogP contribution in [0.5, 0.6) is 0 Å². The van der Waals surface area contributed by atoms with Gasteiger partial charge in [-0.05, 0) is 24.3 Å². The van der Waals surface area contributed by atoms with E-state index >= 15 is 0 Å². The Morgan fingerprint density at radius 2 is 1.78 bits per heavy atom. The van der Waals surface area contributed by atoms with E-state index in [1.165, 1.54) is 23.9 Å². The van der Waals surface area contributed by atoms with Crippen molar-refractivity contribution in [2.45, 2.75) is 11.1 Å². The average molecular weight is 408 g/mol. The molecule has 1 aromatic carbocycles. The number of nitrogens with zero attached hydrogens (tertiary/aromatic N) is 2. The Bertz CT molecular complexity index is 854. The highest BCUT2D eigenvalue weighted by molar-refractivity contribution is 7.89. The van der Waals surface area contributed by atoms with Gasteiger partial charge in [-0.15, -0.1) is 0 Å². The summed E-state index contributed by atoms with van der Waals surface area (Å²) in [5, 5.41) is 2.36. The molecule has 0 aliphatic carbocycles. The highest BCUT2D eigenvalue weighted by atomic mass is 32.2. The Balaban J connectivity index is 1.98. The van der Waals surface area contributed by atoms with Crippen LogP contribution in [0.15, 0.2) is 29.2 Å². The number of anilines is 1. The quantitative estimate of drug-likeness (QED) is 0.660. The Morgan fingerprint density at radius 3 is 2.26 bits per heavy atom. The number of amides is 4. The van der Waals surface area contributed by atoms with Crippen molar-refractivity contribution in [3.8, 4) is 0 Å². The normalized spacial score (nSPS) is 15.4. The number of sulfonamides is 1. The van der Waals surface area contributed by atoms with Crippen LogP contribution in [0.4, 0.5) is 23.7 Å². The summed E-state index contributed by atoms with van der Waals surface area (Å²) in [6.07, 6.45) is -4.69. The maximum Gasteiger partial charge on any atom is 0.402 e. The molecule has 1 aromatic rings. The SMILES string of the molecule is CN1CC(=O)N(CC(=O)Nc2ccc(S(=O)(=O)NCC(F)(F)F)cc2)C1=O. The fraction of sp³-hybridized carbons (Fsp3) is 0.357. The summed E-state index contributed by atoms with van der Waals surface area (Å²) < 4.78 is 61.3. The Labute approximate surface area is 152 Å². The molecule has 2 rings (SSSR count). The first-order valence-corrected chi connectivity index (χ1v) is 8.89. The number of alkyl halides is 3. The fourth-order valence-electron chi connectivity index (χ4n) is 2.15. The molecule has 0 saturated carbocycles. The van der Waals surface area contributed by atoms with Crippen LogP contribution < -0.4 is 10.0 Å². The van der Waals surface area contributed by atoms with E-state index in [0.717, 1.165) is 21.9 Å². The first-order chi connectivity index (χ1) is 12.4. The zero-order chi connectivity index (χ0) is 20.4. The largest absolute Gasteiger partial charge is 0.402 e. The Kier molecular flexibility index (Phi) is 5.75. The van der Waals surface area contributed by atoms with E-state index in [1.807, 2.05) is 0 Å². The van der Waals surface area contributed by atoms with E-state index in [1.54, 1.807) is 0 Å². The van der Waals surface area contributed by atoms with Gasteiger partial charge < -0.3 is 10.2 Å². The molecule has 0 spiro atoms. The number of benzene rings is 1. The van der Waals surface area contributed by atoms with Crippen molar-refractivity contribution in [1.29, 1.82) is 0 Å². The van der Waals surface area contributed by atoms with Crippen LogP contribution in [0.25, 0.3) is 0 Å². The molecule has 27 heavy (non-hydrogen) atoms. The summed E-state index contributed by atoms with van der Waals surface area (Å²) in [5.41, 5.74) is 0.141. The lowest BCUT2D eigenvalue weighted by Gasteiger charge is -2.14. The van der Waals surface area contributed by atoms with Gasteiger partial charge >= 0.3 is 12.2 Å². The zero-order valence-electron chi connectivity index (χ0n) is 13.9. The number of rotatable bonds is 6. The molecule has 0 atom stereocenters. The van der Waals surface area contributed by atoms with Crippen LogP contribution in [0.3, 0.4) is 0 Å². The summed E-state index contributed by atoms with van der Waals surface area (Å²) >= 11 is 0. The number of likely N-dealkylation sites (N-methyl/N-ethyl adjacent to an activating group) is 1. The van der Waals surface area contributed by atoms with E-state index in [2.05, 4.69) is 5.32 Å². The number of nitrogens with one attached hydrogen (secondary N) is 2. The van der Waals surface area contributed by atoms with Gasteiger partial charge in [-0.1, -0.05) is 0 Å². The number of hydrogen-bond donors (Lipinski definition) is 2.